The van der Waals surface area contributed by atoms with E-state index in [1.54, 1.807) is 0 Å². The molecule has 0 radical (unpaired) electrons. The van der Waals surface area contributed by atoms with Gasteiger partial charge in [0, 0.05) is 77.1 Å². The number of esters is 8. The maximum absolute atomic E-state index is 9.81. The number of hydrogen-bond donors (Lipinski definition) is 0. The van der Waals surface area contributed by atoms with Crippen molar-refractivity contribution in [2.75, 3.05) is 0 Å². The topological polar surface area (TPSA) is 173 Å². The Kier molecular flexibility index (Phi) is 29.8. The fourth-order valence-electron chi connectivity index (χ4n) is 0.810. The molecule has 13 heteroatoms. The Bertz CT molecular complexity index is 443. The first kappa shape index (κ1) is 37.1. The summed E-state index contributed by atoms with van der Waals surface area (Å²) in [6, 6.07) is 0. The molecular formula is C16H24O12Ti. The van der Waals surface area contributed by atoms with Crippen LogP contribution in [0.1, 0.15) is 55.4 Å². The summed E-state index contributed by atoms with van der Waals surface area (Å²) in [4.78, 5) is 78.5. The van der Waals surface area contributed by atoms with Crippen molar-refractivity contribution in [3.8, 4) is 0 Å². The van der Waals surface area contributed by atoms with E-state index in [-0.39, 0.29) is 21.7 Å². The summed E-state index contributed by atoms with van der Waals surface area (Å²) in [5.74, 6) is -4.50. The van der Waals surface area contributed by atoms with E-state index in [0.717, 1.165) is 0 Å². The van der Waals surface area contributed by atoms with Crippen molar-refractivity contribution in [2.45, 2.75) is 55.4 Å². The largest absolute Gasteiger partial charge is 0.394 e. The minimum Gasteiger partial charge on any atom is -0.394 e. The molecule has 0 saturated heterocycles. The monoisotopic (exact) mass is 456 g/mol. The van der Waals surface area contributed by atoms with Gasteiger partial charge in [-0.05, 0) is 0 Å². The van der Waals surface area contributed by atoms with Crippen LogP contribution in [-0.2, 0) is 79.0 Å². The molecule has 0 atom stereocenters. The van der Waals surface area contributed by atoms with Crippen LogP contribution in [0.25, 0.3) is 0 Å². The van der Waals surface area contributed by atoms with Crippen LogP contribution in [0.2, 0.25) is 0 Å². The average Bonchev–Trinajstić information content (AvgIpc) is 2.32. The molecule has 0 rings (SSSR count). The number of carbonyl (C=O) groups excluding carboxylic acids is 8. The van der Waals surface area contributed by atoms with E-state index in [2.05, 4.69) is 18.9 Å². The standard InChI is InChI=1S/4C4H6O3.Ti/c4*1-3(5)7-4(2)6;/h4*1-2H3;. The SMILES string of the molecule is CC(=O)OC(C)=O.CC(=O)OC(C)=O.CC(=O)OC(C)=O.CC(=O)OC(C)=O.[Ti]. The van der Waals surface area contributed by atoms with E-state index in [9.17, 15) is 38.4 Å². The van der Waals surface area contributed by atoms with Crippen molar-refractivity contribution in [3.63, 3.8) is 0 Å². The molecular weight excluding hydrogens is 432 g/mol. The number of ether oxygens (including phenoxy) is 4. The van der Waals surface area contributed by atoms with Gasteiger partial charge < -0.3 is 18.9 Å². The fourth-order valence-corrected chi connectivity index (χ4v) is 0.810. The molecule has 164 valence electrons. The molecule has 0 heterocycles. The molecule has 29 heavy (non-hydrogen) atoms. The van der Waals surface area contributed by atoms with Crippen molar-refractivity contribution in [3.05, 3.63) is 0 Å². The molecule has 0 unspecified atom stereocenters. The second-order valence-corrected chi connectivity index (χ2v) is 4.34. The van der Waals surface area contributed by atoms with Gasteiger partial charge in [-0.2, -0.15) is 0 Å². The van der Waals surface area contributed by atoms with Crippen LogP contribution >= 0.6 is 0 Å². The smallest absolute Gasteiger partial charge is 0.310 e. The Balaban J connectivity index is -0.0000000873. The summed E-state index contributed by atoms with van der Waals surface area (Å²) < 4.78 is 15.9. The van der Waals surface area contributed by atoms with Gasteiger partial charge in [0.2, 0.25) is 0 Å². The second-order valence-electron chi connectivity index (χ2n) is 4.34. The molecule has 0 aromatic carbocycles. The normalized spacial score (nSPS) is 7.45. The first-order chi connectivity index (χ1) is 12.5. The average molecular weight is 456 g/mol. The summed E-state index contributed by atoms with van der Waals surface area (Å²) in [6.07, 6.45) is 0. The molecule has 0 saturated carbocycles. The van der Waals surface area contributed by atoms with Gasteiger partial charge in [-0.1, -0.05) is 0 Å². The van der Waals surface area contributed by atoms with Crippen molar-refractivity contribution >= 4 is 47.8 Å². The van der Waals surface area contributed by atoms with Gasteiger partial charge in [-0.3, -0.25) is 38.4 Å². The van der Waals surface area contributed by atoms with Crippen LogP contribution in [-0.4, -0.2) is 47.8 Å². The molecule has 0 bridgehead atoms. The molecule has 0 N–H and O–H groups in total. The van der Waals surface area contributed by atoms with E-state index in [0.29, 0.717) is 0 Å². The van der Waals surface area contributed by atoms with Crippen molar-refractivity contribution in [1.82, 2.24) is 0 Å². The zero-order chi connectivity index (χ0) is 23.4. The molecule has 0 fully saturated rings. The molecule has 12 nitrogen and oxygen atoms in total. The first-order valence-electron chi connectivity index (χ1n) is 7.27. The van der Waals surface area contributed by atoms with Gasteiger partial charge in [0.1, 0.15) is 0 Å². The van der Waals surface area contributed by atoms with Crippen molar-refractivity contribution in [1.29, 1.82) is 0 Å². The molecule has 0 aliphatic heterocycles. The van der Waals surface area contributed by atoms with Crippen molar-refractivity contribution < 1.29 is 79.0 Å². The molecule has 0 aliphatic carbocycles. The van der Waals surface area contributed by atoms with Gasteiger partial charge in [0.15, 0.2) is 0 Å². The van der Waals surface area contributed by atoms with E-state index >= 15 is 0 Å². The molecule has 0 amide bonds. The van der Waals surface area contributed by atoms with Crippen LogP contribution in [0.4, 0.5) is 0 Å². The van der Waals surface area contributed by atoms with E-state index in [1.165, 1.54) is 55.4 Å². The van der Waals surface area contributed by atoms with E-state index < -0.39 is 47.8 Å². The quantitative estimate of drug-likeness (QED) is 0.212. The predicted octanol–water partition coefficient (Wildman–Crippen LogP) is 0.382. The summed E-state index contributed by atoms with van der Waals surface area (Å²) in [7, 11) is 0. The van der Waals surface area contributed by atoms with Crippen LogP contribution in [0, 0.1) is 0 Å². The minimum absolute atomic E-state index is 0. The zero-order valence-corrected chi connectivity index (χ0v) is 19.0. The van der Waals surface area contributed by atoms with Gasteiger partial charge >= 0.3 is 47.8 Å². The van der Waals surface area contributed by atoms with Gasteiger partial charge in [-0.15, -0.1) is 0 Å². The van der Waals surface area contributed by atoms with Gasteiger partial charge in [0.05, 0.1) is 0 Å². The number of carbonyl (C=O) groups is 8. The van der Waals surface area contributed by atoms with E-state index in [1.807, 2.05) is 0 Å². The Labute approximate surface area is 182 Å². The zero-order valence-electron chi connectivity index (χ0n) is 17.4. The van der Waals surface area contributed by atoms with Crippen LogP contribution in [0.5, 0.6) is 0 Å². The summed E-state index contributed by atoms with van der Waals surface area (Å²) in [5.41, 5.74) is 0. The summed E-state index contributed by atoms with van der Waals surface area (Å²) >= 11 is 0. The Morgan fingerprint density at radius 2 is 0.379 bits per heavy atom. The first-order valence-corrected chi connectivity index (χ1v) is 7.27. The molecule has 0 aliphatic rings. The van der Waals surface area contributed by atoms with Crippen LogP contribution < -0.4 is 0 Å². The molecule has 0 spiro atoms. The maximum Gasteiger partial charge on any atom is 0.310 e. The molecule has 0 aromatic rings. The third-order valence-corrected chi connectivity index (χ3v) is 1.15. The minimum atomic E-state index is -0.562. The maximum atomic E-state index is 9.81. The number of hydrogen-bond acceptors (Lipinski definition) is 12. The second kappa shape index (κ2) is 23.3. The van der Waals surface area contributed by atoms with Gasteiger partial charge in [0.25, 0.3) is 0 Å². The van der Waals surface area contributed by atoms with Gasteiger partial charge in [-0.25, -0.2) is 0 Å². The third kappa shape index (κ3) is 77.7. The van der Waals surface area contributed by atoms with E-state index in [4.69, 9.17) is 0 Å². The third-order valence-electron chi connectivity index (χ3n) is 1.15. The fraction of sp³-hybridized carbons (Fsp3) is 0.500. The number of rotatable bonds is 0. The Morgan fingerprint density at radius 1 is 0.310 bits per heavy atom. The Morgan fingerprint density at radius 3 is 0.379 bits per heavy atom. The summed E-state index contributed by atoms with van der Waals surface area (Å²) in [6.45, 7) is 9.46. The summed E-state index contributed by atoms with van der Waals surface area (Å²) in [5, 5.41) is 0. The van der Waals surface area contributed by atoms with Crippen LogP contribution in [0.15, 0.2) is 0 Å². The Hall–Kier alpha value is -2.73. The molecule has 0 aromatic heterocycles. The van der Waals surface area contributed by atoms with Crippen molar-refractivity contribution in [2.24, 2.45) is 0 Å². The van der Waals surface area contributed by atoms with Crippen LogP contribution in [0.3, 0.4) is 0 Å². The predicted molar refractivity (Wildman–Crippen MR) is 89.8 cm³/mol.